The van der Waals surface area contributed by atoms with Gasteiger partial charge in [0.2, 0.25) is 0 Å². The van der Waals surface area contributed by atoms with E-state index < -0.39 is 0 Å². The van der Waals surface area contributed by atoms with Crippen molar-refractivity contribution in [3.8, 4) is 11.3 Å². The highest BCUT2D eigenvalue weighted by Gasteiger charge is 2.15. The van der Waals surface area contributed by atoms with E-state index in [0.29, 0.717) is 5.69 Å². The van der Waals surface area contributed by atoms with Gasteiger partial charge in [0.15, 0.2) is 11.2 Å². The van der Waals surface area contributed by atoms with Gasteiger partial charge >= 0.3 is 0 Å². The maximum Gasteiger partial charge on any atom is 0.195 e. The first-order valence-corrected chi connectivity index (χ1v) is 6.52. The molecule has 0 aliphatic heterocycles. The van der Waals surface area contributed by atoms with E-state index in [-0.39, 0.29) is 0 Å². The molecule has 0 atom stereocenters. The molecule has 0 saturated heterocycles. The number of thiophene rings is 1. The average molecular weight is 248 g/mol. The first kappa shape index (κ1) is 9.74. The Bertz CT molecular complexity index is 649. The van der Waals surface area contributed by atoms with E-state index in [1.54, 1.807) is 22.7 Å². The highest BCUT2D eigenvalue weighted by Crippen LogP contribution is 2.28. The van der Waals surface area contributed by atoms with Crippen molar-refractivity contribution in [2.75, 3.05) is 0 Å². The Hall–Kier alpha value is -1.46. The van der Waals surface area contributed by atoms with Crippen molar-refractivity contribution >= 4 is 33.9 Å². The lowest BCUT2D eigenvalue weighted by Crippen LogP contribution is -1.89. The molecule has 0 fully saturated rings. The number of fused-ring (bicyclic) bond motifs is 1. The van der Waals surface area contributed by atoms with Crippen LogP contribution in [0.15, 0.2) is 23.0 Å². The van der Waals surface area contributed by atoms with Crippen LogP contribution in [0.5, 0.6) is 0 Å². The Morgan fingerprint density at radius 2 is 2.38 bits per heavy atom. The molecule has 0 amide bonds. The summed E-state index contributed by atoms with van der Waals surface area (Å²) < 4.78 is 1.86. The zero-order valence-corrected chi connectivity index (χ0v) is 10.1. The second-order valence-electron chi connectivity index (χ2n) is 3.47. The Kier molecular flexibility index (Phi) is 2.15. The fourth-order valence-electron chi connectivity index (χ4n) is 1.70. The largest absolute Gasteiger partial charge is 0.296 e. The van der Waals surface area contributed by atoms with Crippen LogP contribution in [0, 0.1) is 6.92 Å². The van der Waals surface area contributed by atoms with Crippen LogP contribution < -0.4 is 0 Å². The first-order chi connectivity index (χ1) is 7.79. The second-order valence-corrected chi connectivity index (χ2v) is 5.46. The number of aryl methyl sites for hydroxylation is 1. The van der Waals surface area contributed by atoms with Crippen molar-refractivity contribution in [3.63, 3.8) is 0 Å². The van der Waals surface area contributed by atoms with Gasteiger partial charge < -0.3 is 0 Å². The van der Waals surface area contributed by atoms with Crippen LogP contribution in [0.2, 0.25) is 0 Å². The molecule has 0 N–H and O–H groups in total. The zero-order chi connectivity index (χ0) is 11.1. The molecule has 3 aromatic rings. The molecule has 0 bridgehead atoms. The molecule has 3 rings (SSSR count). The highest BCUT2D eigenvalue weighted by atomic mass is 32.1. The molecule has 16 heavy (non-hydrogen) atoms. The molecular weight excluding hydrogens is 240 g/mol. The summed E-state index contributed by atoms with van der Waals surface area (Å²) in [5, 5.41) is 3.99. The third kappa shape index (κ3) is 1.32. The van der Waals surface area contributed by atoms with Crippen LogP contribution in [-0.2, 0) is 0 Å². The van der Waals surface area contributed by atoms with E-state index in [4.69, 9.17) is 0 Å². The molecule has 0 radical (unpaired) electrons. The Morgan fingerprint density at radius 1 is 1.50 bits per heavy atom. The first-order valence-electron chi connectivity index (χ1n) is 4.76. The van der Waals surface area contributed by atoms with Gasteiger partial charge in [0.05, 0.1) is 0 Å². The van der Waals surface area contributed by atoms with Crippen LogP contribution >= 0.6 is 22.7 Å². The second kappa shape index (κ2) is 3.54. The van der Waals surface area contributed by atoms with Crippen LogP contribution in [0.4, 0.5) is 0 Å². The lowest BCUT2D eigenvalue weighted by molar-refractivity contribution is 0.111. The normalized spacial score (nSPS) is 11.1. The van der Waals surface area contributed by atoms with E-state index in [1.807, 2.05) is 34.3 Å². The molecule has 3 heterocycles. The van der Waals surface area contributed by atoms with E-state index in [2.05, 4.69) is 4.98 Å². The average Bonchev–Trinajstić information content (AvgIpc) is 2.90. The van der Waals surface area contributed by atoms with Crippen LogP contribution in [0.1, 0.15) is 15.4 Å². The fraction of sp³-hybridized carbons (Fsp3) is 0.0909. The molecule has 5 heteroatoms. The molecule has 80 valence electrons. The number of carbonyl (C=O) groups is 1. The smallest absolute Gasteiger partial charge is 0.195 e. The number of imidazole rings is 1. The molecular formula is C11H8N2OS2. The molecule has 0 aromatic carbocycles. The number of nitrogens with zero attached hydrogens (tertiary/aromatic N) is 2. The predicted molar refractivity (Wildman–Crippen MR) is 66.5 cm³/mol. The quantitative estimate of drug-likeness (QED) is 0.652. The SMILES string of the molecule is Cc1cn2c(C=O)c(-c3ccsc3)nc2s1. The lowest BCUT2D eigenvalue weighted by Gasteiger charge is -1.92. The molecule has 3 nitrogen and oxygen atoms in total. The predicted octanol–water partition coefficient (Wildman–Crippen LogP) is 3.25. The van der Waals surface area contributed by atoms with E-state index in [0.717, 1.165) is 27.4 Å². The van der Waals surface area contributed by atoms with Gasteiger partial charge in [0.1, 0.15) is 11.4 Å². The fourth-order valence-corrected chi connectivity index (χ4v) is 3.17. The summed E-state index contributed by atoms with van der Waals surface area (Å²) in [6, 6.07) is 1.98. The summed E-state index contributed by atoms with van der Waals surface area (Å²) in [6.07, 6.45) is 2.83. The van der Waals surface area contributed by atoms with Gasteiger partial charge in [-0.3, -0.25) is 9.20 Å². The lowest BCUT2D eigenvalue weighted by atomic mass is 10.2. The molecule has 0 spiro atoms. The minimum atomic E-state index is 0.637. The van der Waals surface area contributed by atoms with Crippen molar-refractivity contribution in [3.05, 3.63) is 33.6 Å². The molecule has 0 unspecified atom stereocenters. The van der Waals surface area contributed by atoms with Crippen molar-refractivity contribution in [2.45, 2.75) is 6.92 Å². The topological polar surface area (TPSA) is 34.4 Å². The van der Waals surface area contributed by atoms with Gasteiger partial charge in [0.25, 0.3) is 0 Å². The van der Waals surface area contributed by atoms with Gasteiger partial charge in [0, 0.05) is 22.0 Å². The third-order valence-electron chi connectivity index (χ3n) is 2.39. The summed E-state index contributed by atoms with van der Waals surface area (Å²) in [7, 11) is 0. The number of rotatable bonds is 2. The van der Waals surface area contributed by atoms with Crippen LogP contribution in [-0.4, -0.2) is 15.7 Å². The van der Waals surface area contributed by atoms with E-state index in [9.17, 15) is 4.79 Å². The van der Waals surface area contributed by atoms with E-state index in [1.165, 1.54) is 0 Å². The summed E-state index contributed by atoms with van der Waals surface area (Å²) in [5.74, 6) is 0. The number of aldehydes is 1. The van der Waals surface area contributed by atoms with Gasteiger partial charge in [-0.1, -0.05) is 0 Å². The summed E-state index contributed by atoms with van der Waals surface area (Å²) in [6.45, 7) is 2.01. The minimum absolute atomic E-state index is 0.637. The Morgan fingerprint density at radius 3 is 3.06 bits per heavy atom. The Balaban J connectivity index is 2.33. The summed E-state index contributed by atoms with van der Waals surface area (Å²) in [5.41, 5.74) is 2.43. The monoisotopic (exact) mass is 248 g/mol. The van der Waals surface area contributed by atoms with Crippen molar-refractivity contribution in [2.24, 2.45) is 0 Å². The van der Waals surface area contributed by atoms with Crippen LogP contribution in [0.3, 0.4) is 0 Å². The minimum Gasteiger partial charge on any atom is -0.296 e. The van der Waals surface area contributed by atoms with Gasteiger partial charge in [-0.15, -0.1) is 11.3 Å². The van der Waals surface area contributed by atoms with Crippen molar-refractivity contribution in [1.29, 1.82) is 0 Å². The maximum absolute atomic E-state index is 11.2. The van der Waals surface area contributed by atoms with Gasteiger partial charge in [-0.2, -0.15) is 11.3 Å². The van der Waals surface area contributed by atoms with Gasteiger partial charge in [-0.25, -0.2) is 4.98 Å². The number of thiazole rings is 1. The van der Waals surface area contributed by atoms with Crippen molar-refractivity contribution < 1.29 is 4.79 Å². The van der Waals surface area contributed by atoms with Gasteiger partial charge in [-0.05, 0) is 18.4 Å². The standard InChI is InChI=1S/C11H8N2OS2/c1-7-4-13-9(5-14)10(12-11(13)16-7)8-2-3-15-6-8/h2-6H,1H3. The third-order valence-corrected chi connectivity index (χ3v) is 3.97. The highest BCUT2D eigenvalue weighted by molar-refractivity contribution is 7.17. The molecule has 0 aliphatic carbocycles. The zero-order valence-electron chi connectivity index (χ0n) is 8.51. The summed E-state index contributed by atoms with van der Waals surface area (Å²) >= 11 is 3.20. The molecule has 3 aromatic heterocycles. The summed E-state index contributed by atoms with van der Waals surface area (Å²) in [4.78, 5) is 17.7. The van der Waals surface area contributed by atoms with Crippen molar-refractivity contribution in [1.82, 2.24) is 9.38 Å². The number of hydrogen-bond acceptors (Lipinski definition) is 4. The molecule has 0 aliphatic rings. The number of aromatic nitrogens is 2. The Labute approximate surface area is 100.0 Å². The molecule has 0 saturated carbocycles. The maximum atomic E-state index is 11.2. The number of carbonyl (C=O) groups excluding carboxylic acids is 1. The van der Waals surface area contributed by atoms with E-state index >= 15 is 0 Å². The number of hydrogen-bond donors (Lipinski definition) is 0. The van der Waals surface area contributed by atoms with Crippen LogP contribution in [0.25, 0.3) is 16.2 Å².